The Kier molecular flexibility index (Phi) is 3.42. The molecule has 0 amide bonds. The first-order chi connectivity index (χ1) is 11.5. The zero-order chi connectivity index (χ0) is 16.9. The number of nitrogens with one attached hydrogen (secondary N) is 1. The number of hydrogen-bond acceptors (Lipinski definition) is 6. The van der Waals surface area contributed by atoms with Crippen LogP contribution in [0, 0.1) is 5.92 Å². The molecule has 124 valence electrons. The maximum Gasteiger partial charge on any atom is 0.206 e. The molecule has 3 atom stereocenters. The van der Waals surface area contributed by atoms with Crippen molar-refractivity contribution in [1.82, 2.24) is 5.32 Å². The van der Waals surface area contributed by atoms with Crippen LogP contribution in [0.15, 0.2) is 64.1 Å². The second-order valence-electron chi connectivity index (χ2n) is 5.99. The number of fused-ring (bicyclic) bond motifs is 2. The van der Waals surface area contributed by atoms with Gasteiger partial charge in [0.1, 0.15) is 11.5 Å². The van der Waals surface area contributed by atoms with Crippen molar-refractivity contribution in [1.29, 1.82) is 0 Å². The first kappa shape index (κ1) is 15.3. The largest absolute Gasteiger partial charge is 0.474 e. The van der Waals surface area contributed by atoms with E-state index in [1.807, 2.05) is 19.1 Å². The van der Waals surface area contributed by atoms with E-state index in [2.05, 4.69) is 10.3 Å². The van der Waals surface area contributed by atoms with Crippen LogP contribution in [0.4, 0.5) is 0 Å². The van der Waals surface area contributed by atoms with Crippen molar-refractivity contribution >= 4 is 17.9 Å². The van der Waals surface area contributed by atoms with E-state index in [-0.39, 0.29) is 5.92 Å². The van der Waals surface area contributed by atoms with E-state index < -0.39 is 12.0 Å². The first-order valence-corrected chi connectivity index (χ1v) is 7.98. The third kappa shape index (κ3) is 2.31. The number of rotatable bonds is 2. The zero-order valence-corrected chi connectivity index (χ0v) is 13.7. The lowest BCUT2D eigenvalue weighted by Crippen LogP contribution is -2.51. The van der Waals surface area contributed by atoms with Crippen molar-refractivity contribution in [2.24, 2.45) is 22.4 Å². The van der Waals surface area contributed by atoms with Gasteiger partial charge in [-0.25, -0.2) is 4.99 Å². The average Bonchev–Trinajstić information content (AvgIpc) is 2.84. The second kappa shape index (κ2) is 5.37. The molecule has 1 aliphatic carbocycles. The predicted molar refractivity (Wildman–Crippen MR) is 92.0 cm³/mol. The van der Waals surface area contributed by atoms with Gasteiger partial charge in [0.2, 0.25) is 5.72 Å². The maximum absolute atomic E-state index is 6.64. The van der Waals surface area contributed by atoms with Crippen molar-refractivity contribution in [3.8, 4) is 5.75 Å². The van der Waals surface area contributed by atoms with Gasteiger partial charge in [0.25, 0.3) is 0 Å². The minimum absolute atomic E-state index is 0.103. The van der Waals surface area contributed by atoms with Gasteiger partial charge < -0.3 is 14.8 Å². The van der Waals surface area contributed by atoms with Crippen LogP contribution in [-0.2, 0) is 4.74 Å². The van der Waals surface area contributed by atoms with Gasteiger partial charge >= 0.3 is 0 Å². The van der Waals surface area contributed by atoms with Crippen LogP contribution < -0.4 is 21.5 Å². The number of nitrogens with two attached hydrogens (primary N) is 2. The van der Waals surface area contributed by atoms with E-state index in [1.54, 1.807) is 30.7 Å². The summed E-state index contributed by atoms with van der Waals surface area (Å²) in [7, 11) is 0. The van der Waals surface area contributed by atoms with Crippen molar-refractivity contribution in [3.05, 3.63) is 64.2 Å². The maximum atomic E-state index is 6.64. The van der Waals surface area contributed by atoms with Crippen molar-refractivity contribution in [2.45, 2.75) is 18.9 Å². The minimum Gasteiger partial charge on any atom is -0.474 e. The predicted octanol–water partition coefficient (Wildman–Crippen LogP) is 1.99. The Morgan fingerprint density at radius 2 is 2.25 bits per heavy atom. The van der Waals surface area contributed by atoms with Crippen LogP contribution in [0.3, 0.4) is 0 Å². The van der Waals surface area contributed by atoms with Crippen LogP contribution in [0.2, 0.25) is 5.02 Å². The summed E-state index contributed by atoms with van der Waals surface area (Å²) in [5, 5.41) is 3.65. The van der Waals surface area contributed by atoms with Gasteiger partial charge in [0.15, 0.2) is 6.23 Å². The smallest absolute Gasteiger partial charge is 0.206 e. The standard InChI is InChI=1S/C17H17ClN4O2/c1-9-14-15(23-16(9)19)12-7-21-8-22-13(12)6-17(14,20)24-11-4-2-3-10(18)5-11/h2-9,16H,19-20H2,1H3,(H,21,22). The molecule has 0 fully saturated rings. The van der Waals surface area contributed by atoms with Gasteiger partial charge in [-0.1, -0.05) is 24.6 Å². The number of ether oxygens (including phenoxy) is 2. The molecule has 1 aromatic rings. The monoisotopic (exact) mass is 344 g/mol. The molecule has 2 heterocycles. The Balaban J connectivity index is 1.81. The molecule has 0 saturated carbocycles. The molecule has 0 spiro atoms. The summed E-state index contributed by atoms with van der Waals surface area (Å²) in [4.78, 5) is 4.12. The molecule has 6 nitrogen and oxygen atoms in total. The summed E-state index contributed by atoms with van der Waals surface area (Å²) < 4.78 is 12.0. The lowest BCUT2D eigenvalue weighted by molar-refractivity contribution is 0.124. The molecule has 0 bridgehead atoms. The van der Waals surface area contributed by atoms with Crippen LogP contribution >= 0.6 is 11.6 Å². The molecule has 24 heavy (non-hydrogen) atoms. The number of benzene rings is 1. The van der Waals surface area contributed by atoms with E-state index in [0.717, 1.165) is 16.8 Å². The summed E-state index contributed by atoms with van der Waals surface area (Å²) in [5.74, 6) is 1.09. The summed E-state index contributed by atoms with van der Waals surface area (Å²) >= 11 is 6.05. The SMILES string of the molecule is CC1C2=C(OC1N)C1=CN=CNC1=CC2(N)Oc1cccc(Cl)c1. The van der Waals surface area contributed by atoms with Gasteiger partial charge in [0.05, 0.1) is 17.6 Å². The fourth-order valence-electron chi connectivity index (χ4n) is 3.18. The second-order valence-corrected chi connectivity index (χ2v) is 6.43. The van der Waals surface area contributed by atoms with E-state index in [0.29, 0.717) is 16.5 Å². The third-order valence-electron chi connectivity index (χ3n) is 4.34. The normalized spacial score (nSPS) is 30.7. The fraction of sp³-hybridized carbons (Fsp3) is 0.235. The van der Waals surface area contributed by atoms with E-state index in [1.165, 1.54) is 0 Å². The van der Waals surface area contributed by atoms with Gasteiger partial charge in [-0.05, 0) is 18.2 Å². The Morgan fingerprint density at radius 1 is 1.42 bits per heavy atom. The summed E-state index contributed by atoms with van der Waals surface area (Å²) in [5.41, 5.74) is 13.9. The Hall–Kier alpha value is -2.28. The lowest BCUT2D eigenvalue weighted by Gasteiger charge is -2.35. The van der Waals surface area contributed by atoms with Crippen LogP contribution in [0.5, 0.6) is 5.75 Å². The number of hydrogen-bond donors (Lipinski definition) is 3. The highest BCUT2D eigenvalue weighted by Crippen LogP contribution is 2.45. The Bertz CT molecular complexity index is 830. The van der Waals surface area contributed by atoms with Crippen LogP contribution in [-0.4, -0.2) is 18.3 Å². The van der Waals surface area contributed by atoms with Crippen molar-refractivity contribution in [2.75, 3.05) is 0 Å². The average molecular weight is 345 g/mol. The first-order valence-electron chi connectivity index (χ1n) is 7.60. The van der Waals surface area contributed by atoms with Crippen LogP contribution in [0.1, 0.15) is 6.92 Å². The van der Waals surface area contributed by atoms with E-state index >= 15 is 0 Å². The highest BCUT2D eigenvalue weighted by Gasteiger charge is 2.48. The summed E-state index contributed by atoms with van der Waals surface area (Å²) in [6.45, 7) is 1.97. The molecule has 7 heteroatoms. The quantitative estimate of drug-likeness (QED) is 0.713. The number of nitrogens with zero attached hydrogens (tertiary/aromatic N) is 1. The highest BCUT2D eigenvalue weighted by atomic mass is 35.5. The summed E-state index contributed by atoms with van der Waals surface area (Å²) in [6.07, 6.45) is 4.64. The molecule has 0 aromatic heterocycles. The molecule has 1 aromatic carbocycles. The molecular formula is C17H17ClN4O2. The van der Waals surface area contributed by atoms with Gasteiger partial charge in [-0.15, -0.1) is 0 Å². The molecule has 3 unspecified atom stereocenters. The molecule has 0 radical (unpaired) electrons. The number of aliphatic imine (C=N–C) groups is 1. The molecule has 0 saturated heterocycles. The van der Waals surface area contributed by atoms with Gasteiger partial charge in [-0.3, -0.25) is 11.5 Å². The summed E-state index contributed by atoms with van der Waals surface area (Å²) in [6, 6.07) is 7.11. The molecule has 3 aliphatic rings. The minimum atomic E-state index is -1.20. The highest BCUT2D eigenvalue weighted by molar-refractivity contribution is 6.30. The zero-order valence-electron chi connectivity index (χ0n) is 13.0. The molecular weight excluding hydrogens is 328 g/mol. The Morgan fingerprint density at radius 3 is 3.04 bits per heavy atom. The molecule has 2 aliphatic heterocycles. The topological polar surface area (TPSA) is 94.9 Å². The van der Waals surface area contributed by atoms with Gasteiger partial charge in [-0.2, -0.15) is 0 Å². The molecule has 4 rings (SSSR count). The number of halogens is 1. The van der Waals surface area contributed by atoms with Crippen LogP contribution in [0.25, 0.3) is 0 Å². The van der Waals surface area contributed by atoms with E-state index in [9.17, 15) is 0 Å². The lowest BCUT2D eigenvalue weighted by atomic mass is 9.84. The van der Waals surface area contributed by atoms with E-state index in [4.69, 9.17) is 32.5 Å². The van der Waals surface area contributed by atoms with Gasteiger partial charge in [0, 0.05) is 28.8 Å². The third-order valence-corrected chi connectivity index (χ3v) is 4.58. The fourth-order valence-corrected chi connectivity index (χ4v) is 3.36. The van der Waals surface area contributed by atoms with Crippen molar-refractivity contribution < 1.29 is 9.47 Å². The molecule has 5 N–H and O–H groups in total. The Labute approximate surface area is 144 Å². The van der Waals surface area contributed by atoms with Crippen molar-refractivity contribution in [3.63, 3.8) is 0 Å².